The van der Waals surface area contributed by atoms with Crippen molar-refractivity contribution in [3.05, 3.63) is 41.0 Å². The fraction of sp³-hybridized carbons (Fsp3) is 0.667. The van der Waals surface area contributed by atoms with Crippen molar-refractivity contribution in [1.29, 1.82) is 0 Å². The number of allylic oxidation sites excluding steroid dienone is 1. The van der Waals surface area contributed by atoms with Gasteiger partial charge < -0.3 is 10.5 Å². The number of rotatable bonds is 10. The molecule has 0 spiro atoms. The van der Waals surface area contributed by atoms with Crippen LogP contribution in [0.1, 0.15) is 102 Å². The van der Waals surface area contributed by atoms with Crippen LogP contribution in [0.25, 0.3) is 5.76 Å². The summed E-state index contributed by atoms with van der Waals surface area (Å²) >= 11 is 0. The fourth-order valence-corrected chi connectivity index (χ4v) is 3.24. The second-order valence-electron chi connectivity index (χ2n) is 7.73. The molecule has 0 amide bonds. The van der Waals surface area contributed by atoms with Crippen LogP contribution in [0, 0.1) is 0 Å². The first-order chi connectivity index (χ1) is 12.8. The van der Waals surface area contributed by atoms with Gasteiger partial charge in [0.25, 0.3) is 0 Å². The van der Waals surface area contributed by atoms with E-state index in [0.717, 1.165) is 37.7 Å². The van der Waals surface area contributed by atoms with E-state index < -0.39 is 0 Å². The van der Waals surface area contributed by atoms with Gasteiger partial charge in [-0.1, -0.05) is 57.4 Å². The predicted octanol–water partition coefficient (Wildman–Crippen LogP) is 6.80. The Morgan fingerprint density at radius 1 is 0.962 bits per heavy atom. The standard InChI is InChI=1S/C19H27NO.C5H12/c20-13-2-1-3-14-21-19(17-5-4-6-17)18-11-9-16(10-12-18)15-7-8-15;1-3-5-4-2/h9-12,15H,1-8,13-14,20H2;3-5H2,1-2H3. The minimum atomic E-state index is 0.788. The lowest BCUT2D eigenvalue weighted by atomic mass is 9.89. The Morgan fingerprint density at radius 2 is 1.65 bits per heavy atom. The summed E-state index contributed by atoms with van der Waals surface area (Å²) in [6.07, 6.45) is 13.9. The molecule has 0 aromatic heterocycles. The van der Waals surface area contributed by atoms with E-state index in [-0.39, 0.29) is 0 Å². The molecule has 0 unspecified atom stereocenters. The van der Waals surface area contributed by atoms with Gasteiger partial charge in [-0.25, -0.2) is 0 Å². The van der Waals surface area contributed by atoms with Crippen molar-refractivity contribution in [1.82, 2.24) is 0 Å². The fourth-order valence-electron chi connectivity index (χ4n) is 3.24. The first kappa shape index (κ1) is 21.0. The van der Waals surface area contributed by atoms with Crippen LogP contribution in [0.2, 0.25) is 0 Å². The summed E-state index contributed by atoms with van der Waals surface area (Å²) in [6.45, 7) is 6.03. The average Bonchev–Trinajstić information content (AvgIpc) is 3.45. The van der Waals surface area contributed by atoms with E-state index >= 15 is 0 Å². The summed E-state index contributed by atoms with van der Waals surface area (Å²) in [7, 11) is 0. The lowest BCUT2D eigenvalue weighted by Crippen LogP contribution is -2.06. The maximum absolute atomic E-state index is 6.13. The molecule has 2 heteroatoms. The van der Waals surface area contributed by atoms with Gasteiger partial charge in [0.05, 0.1) is 6.61 Å². The highest BCUT2D eigenvalue weighted by molar-refractivity contribution is 5.64. The van der Waals surface area contributed by atoms with E-state index in [1.807, 2.05) is 0 Å². The SMILES string of the molecule is CCCCC.NCCCCCOC(=C1CCC1)c1ccc(C2CC2)cc1. The number of benzene rings is 1. The summed E-state index contributed by atoms with van der Waals surface area (Å²) in [5, 5.41) is 0. The molecule has 2 nitrogen and oxygen atoms in total. The molecule has 3 rings (SSSR count). The van der Waals surface area contributed by atoms with Crippen LogP contribution in [0.3, 0.4) is 0 Å². The molecule has 0 heterocycles. The van der Waals surface area contributed by atoms with E-state index in [1.165, 1.54) is 74.5 Å². The topological polar surface area (TPSA) is 35.2 Å². The lowest BCUT2D eigenvalue weighted by molar-refractivity contribution is 0.261. The molecule has 1 aromatic rings. The Hall–Kier alpha value is -1.28. The predicted molar refractivity (Wildman–Crippen MR) is 113 cm³/mol. The third-order valence-corrected chi connectivity index (χ3v) is 5.30. The minimum Gasteiger partial charge on any atom is -0.493 e. The summed E-state index contributed by atoms with van der Waals surface area (Å²) < 4.78 is 6.13. The Morgan fingerprint density at radius 3 is 2.12 bits per heavy atom. The smallest absolute Gasteiger partial charge is 0.125 e. The van der Waals surface area contributed by atoms with Crippen LogP contribution in [0.4, 0.5) is 0 Å². The maximum atomic E-state index is 6.13. The van der Waals surface area contributed by atoms with Gasteiger partial charge in [0, 0.05) is 5.56 Å². The van der Waals surface area contributed by atoms with Gasteiger partial charge >= 0.3 is 0 Å². The van der Waals surface area contributed by atoms with Crippen molar-refractivity contribution in [2.45, 2.75) is 90.4 Å². The zero-order valence-electron chi connectivity index (χ0n) is 17.1. The van der Waals surface area contributed by atoms with Crippen LogP contribution in [0.15, 0.2) is 29.8 Å². The lowest BCUT2D eigenvalue weighted by Gasteiger charge is -2.23. The summed E-state index contributed by atoms with van der Waals surface area (Å²) in [5.41, 5.74) is 9.81. The number of unbranched alkanes of at least 4 members (excludes halogenated alkanes) is 4. The van der Waals surface area contributed by atoms with Crippen LogP contribution < -0.4 is 5.73 Å². The molecule has 0 bridgehead atoms. The molecule has 0 radical (unpaired) electrons. The van der Waals surface area contributed by atoms with Gasteiger partial charge in [-0.15, -0.1) is 0 Å². The van der Waals surface area contributed by atoms with Gasteiger partial charge in [-0.2, -0.15) is 0 Å². The molecular weight excluding hydrogens is 318 g/mol. The van der Waals surface area contributed by atoms with E-state index in [0.29, 0.717) is 0 Å². The van der Waals surface area contributed by atoms with Gasteiger partial charge in [0.1, 0.15) is 5.76 Å². The molecule has 0 aliphatic heterocycles. The maximum Gasteiger partial charge on any atom is 0.125 e. The van der Waals surface area contributed by atoms with E-state index in [1.54, 1.807) is 0 Å². The molecule has 2 saturated carbocycles. The Balaban J connectivity index is 0.000000431. The van der Waals surface area contributed by atoms with Crippen LogP contribution >= 0.6 is 0 Å². The van der Waals surface area contributed by atoms with Gasteiger partial charge in [-0.3, -0.25) is 0 Å². The largest absolute Gasteiger partial charge is 0.493 e. The summed E-state index contributed by atoms with van der Waals surface area (Å²) in [4.78, 5) is 0. The molecule has 146 valence electrons. The van der Waals surface area contributed by atoms with Crippen molar-refractivity contribution in [3.8, 4) is 0 Å². The zero-order valence-corrected chi connectivity index (χ0v) is 17.1. The van der Waals surface area contributed by atoms with Crippen molar-refractivity contribution < 1.29 is 4.74 Å². The molecule has 2 aliphatic rings. The molecule has 0 atom stereocenters. The van der Waals surface area contributed by atoms with E-state index in [9.17, 15) is 0 Å². The second kappa shape index (κ2) is 12.2. The number of nitrogens with two attached hydrogens (primary N) is 1. The highest BCUT2D eigenvalue weighted by atomic mass is 16.5. The Kier molecular flexibility index (Phi) is 9.84. The summed E-state index contributed by atoms with van der Waals surface area (Å²) in [6, 6.07) is 9.11. The van der Waals surface area contributed by atoms with Crippen molar-refractivity contribution in [2.75, 3.05) is 13.2 Å². The van der Waals surface area contributed by atoms with Crippen molar-refractivity contribution in [3.63, 3.8) is 0 Å². The molecule has 2 aliphatic carbocycles. The van der Waals surface area contributed by atoms with E-state index in [2.05, 4.69) is 38.1 Å². The van der Waals surface area contributed by atoms with Gasteiger partial charge in [0.15, 0.2) is 0 Å². The quantitative estimate of drug-likeness (QED) is 0.369. The van der Waals surface area contributed by atoms with Gasteiger partial charge in [-0.05, 0) is 75.0 Å². The third-order valence-electron chi connectivity index (χ3n) is 5.30. The molecular formula is C24H39NO. The Labute approximate surface area is 161 Å². The Bertz CT molecular complexity index is 520. The molecule has 1 aromatic carbocycles. The van der Waals surface area contributed by atoms with Crippen LogP contribution in [-0.4, -0.2) is 13.2 Å². The normalized spacial score (nSPS) is 15.7. The van der Waals surface area contributed by atoms with Gasteiger partial charge in [0.2, 0.25) is 0 Å². The highest BCUT2D eigenvalue weighted by Crippen LogP contribution is 2.41. The van der Waals surface area contributed by atoms with Crippen molar-refractivity contribution >= 4 is 5.76 Å². The summed E-state index contributed by atoms with van der Waals surface area (Å²) in [5.74, 6) is 1.99. The molecule has 0 saturated heterocycles. The second-order valence-corrected chi connectivity index (χ2v) is 7.73. The first-order valence-electron chi connectivity index (χ1n) is 10.9. The van der Waals surface area contributed by atoms with Crippen LogP contribution in [-0.2, 0) is 4.74 Å². The highest BCUT2D eigenvalue weighted by Gasteiger charge is 2.23. The molecule has 26 heavy (non-hydrogen) atoms. The number of hydrogen-bond donors (Lipinski definition) is 1. The first-order valence-corrected chi connectivity index (χ1v) is 10.9. The number of ether oxygens (including phenoxy) is 1. The average molecular weight is 358 g/mol. The number of hydrogen-bond acceptors (Lipinski definition) is 2. The third kappa shape index (κ3) is 7.15. The van der Waals surface area contributed by atoms with Crippen molar-refractivity contribution in [2.24, 2.45) is 5.73 Å². The monoisotopic (exact) mass is 357 g/mol. The van der Waals surface area contributed by atoms with E-state index in [4.69, 9.17) is 10.5 Å². The molecule has 2 N–H and O–H groups in total. The molecule has 2 fully saturated rings. The van der Waals surface area contributed by atoms with Crippen LogP contribution in [0.5, 0.6) is 0 Å². The minimum absolute atomic E-state index is 0.788. The zero-order chi connectivity index (χ0) is 18.6.